The third kappa shape index (κ3) is 1.17. The Bertz CT molecular complexity index is 227. The Morgan fingerprint density at radius 3 is 3.00 bits per heavy atom. The maximum atomic E-state index is 4.43. The van der Waals surface area contributed by atoms with Crippen molar-refractivity contribution in [3.05, 3.63) is 17.5 Å². The second-order valence-corrected chi connectivity index (χ2v) is 3.06. The average molecular weight is 149 g/mol. The normalized spacial score (nSPS) is 16.5. The van der Waals surface area contributed by atoms with Crippen LogP contribution in [0, 0.1) is 6.20 Å². The molecule has 0 aromatic carbocycles. The maximum Gasteiger partial charge on any atom is 0.0900 e. The highest BCUT2D eigenvalue weighted by Gasteiger charge is 2.12. The summed E-state index contributed by atoms with van der Waals surface area (Å²) in [4.78, 5) is 0. The molecule has 1 aromatic heterocycles. The van der Waals surface area contributed by atoms with Crippen molar-refractivity contribution in [1.29, 1.82) is 0 Å². The van der Waals surface area contributed by atoms with E-state index in [1.807, 2.05) is 4.68 Å². The summed E-state index contributed by atoms with van der Waals surface area (Å²) in [5.41, 5.74) is 2.65. The fraction of sp³-hybridized carbons (Fsp3) is 0.667. The first-order valence-electron chi connectivity index (χ1n) is 4.38. The predicted molar refractivity (Wildman–Crippen MR) is 43.4 cm³/mol. The van der Waals surface area contributed by atoms with Gasteiger partial charge >= 0.3 is 0 Å². The molecule has 11 heavy (non-hydrogen) atoms. The SMILES string of the molecule is CCn1[c]c2c(n1)CCCC2. The Hall–Kier alpha value is -0.790. The minimum atomic E-state index is 0.951. The van der Waals surface area contributed by atoms with E-state index in [-0.39, 0.29) is 0 Å². The lowest BCUT2D eigenvalue weighted by atomic mass is 9.99. The molecule has 0 fully saturated rings. The zero-order valence-corrected chi connectivity index (χ0v) is 6.93. The Morgan fingerprint density at radius 2 is 2.27 bits per heavy atom. The van der Waals surface area contributed by atoms with Crippen molar-refractivity contribution in [2.75, 3.05) is 0 Å². The highest BCUT2D eigenvalue weighted by atomic mass is 15.3. The molecule has 0 spiro atoms. The first-order valence-corrected chi connectivity index (χ1v) is 4.38. The quantitative estimate of drug-likeness (QED) is 0.592. The van der Waals surface area contributed by atoms with Crippen molar-refractivity contribution in [1.82, 2.24) is 9.78 Å². The van der Waals surface area contributed by atoms with Crippen molar-refractivity contribution in [3.63, 3.8) is 0 Å². The molecule has 0 saturated heterocycles. The molecular formula is C9H13N2. The molecule has 0 saturated carbocycles. The zero-order chi connectivity index (χ0) is 7.68. The summed E-state index contributed by atoms with van der Waals surface area (Å²) in [7, 11) is 0. The van der Waals surface area contributed by atoms with Gasteiger partial charge in [0.1, 0.15) is 0 Å². The van der Waals surface area contributed by atoms with Gasteiger partial charge in [-0.15, -0.1) is 0 Å². The summed E-state index contributed by atoms with van der Waals surface area (Å²) in [6.45, 7) is 3.06. The molecule has 0 unspecified atom stereocenters. The number of nitrogens with zero attached hydrogens (tertiary/aromatic N) is 2. The van der Waals surface area contributed by atoms with Crippen LogP contribution < -0.4 is 0 Å². The van der Waals surface area contributed by atoms with E-state index in [4.69, 9.17) is 0 Å². The fourth-order valence-corrected chi connectivity index (χ4v) is 1.60. The lowest BCUT2D eigenvalue weighted by Crippen LogP contribution is -2.00. The minimum absolute atomic E-state index is 0.951. The highest BCUT2D eigenvalue weighted by Crippen LogP contribution is 2.18. The van der Waals surface area contributed by atoms with Crippen LogP contribution >= 0.6 is 0 Å². The van der Waals surface area contributed by atoms with Crippen molar-refractivity contribution >= 4 is 0 Å². The van der Waals surface area contributed by atoms with Crippen LogP contribution in [0.4, 0.5) is 0 Å². The molecule has 0 bridgehead atoms. The summed E-state index contributed by atoms with van der Waals surface area (Å²) in [6, 6.07) is 0. The summed E-state index contributed by atoms with van der Waals surface area (Å²) >= 11 is 0. The van der Waals surface area contributed by atoms with E-state index in [0.717, 1.165) is 6.54 Å². The van der Waals surface area contributed by atoms with Gasteiger partial charge in [0.25, 0.3) is 0 Å². The number of fused-ring (bicyclic) bond motifs is 1. The largest absolute Gasteiger partial charge is 0.263 e. The highest BCUT2D eigenvalue weighted by molar-refractivity contribution is 5.18. The van der Waals surface area contributed by atoms with Crippen LogP contribution in [0.15, 0.2) is 0 Å². The topological polar surface area (TPSA) is 17.8 Å². The van der Waals surface area contributed by atoms with E-state index in [1.165, 1.54) is 36.9 Å². The van der Waals surface area contributed by atoms with Gasteiger partial charge in [0, 0.05) is 12.1 Å². The van der Waals surface area contributed by atoms with Crippen molar-refractivity contribution in [2.24, 2.45) is 0 Å². The van der Waals surface area contributed by atoms with Crippen molar-refractivity contribution in [3.8, 4) is 0 Å². The van der Waals surface area contributed by atoms with Crippen LogP contribution in [-0.4, -0.2) is 9.78 Å². The van der Waals surface area contributed by atoms with Gasteiger partial charge in [-0.1, -0.05) is 0 Å². The first kappa shape index (κ1) is 6.89. The van der Waals surface area contributed by atoms with Gasteiger partial charge < -0.3 is 0 Å². The monoisotopic (exact) mass is 149 g/mol. The molecular weight excluding hydrogens is 136 g/mol. The van der Waals surface area contributed by atoms with Crippen LogP contribution in [0.25, 0.3) is 0 Å². The van der Waals surface area contributed by atoms with Crippen LogP contribution in [0.5, 0.6) is 0 Å². The van der Waals surface area contributed by atoms with Gasteiger partial charge in [0.2, 0.25) is 0 Å². The van der Waals surface area contributed by atoms with Gasteiger partial charge in [-0.25, -0.2) is 0 Å². The summed E-state index contributed by atoms with van der Waals surface area (Å²) in [5.74, 6) is 0. The lowest BCUT2D eigenvalue weighted by molar-refractivity contribution is 0.629. The molecule has 0 amide bonds. The number of rotatable bonds is 1. The molecule has 2 heteroatoms. The van der Waals surface area contributed by atoms with E-state index in [1.54, 1.807) is 0 Å². The van der Waals surface area contributed by atoms with Gasteiger partial charge in [-0.2, -0.15) is 5.10 Å². The lowest BCUT2D eigenvalue weighted by Gasteiger charge is -2.06. The standard InChI is InChI=1S/C9H13N2/c1-2-11-7-8-5-3-4-6-9(8)10-11/h2-6H2,1H3. The molecule has 1 heterocycles. The summed E-state index contributed by atoms with van der Waals surface area (Å²) < 4.78 is 1.93. The van der Waals surface area contributed by atoms with Gasteiger partial charge in [-0.3, -0.25) is 4.68 Å². The van der Waals surface area contributed by atoms with Crippen LogP contribution in [0.3, 0.4) is 0 Å². The van der Waals surface area contributed by atoms with E-state index >= 15 is 0 Å². The fourth-order valence-electron chi connectivity index (χ4n) is 1.60. The molecule has 1 aromatic rings. The summed E-state index contributed by atoms with van der Waals surface area (Å²) in [6.07, 6.45) is 8.27. The smallest absolute Gasteiger partial charge is 0.0900 e. The Morgan fingerprint density at radius 1 is 1.45 bits per heavy atom. The molecule has 0 aliphatic heterocycles. The molecule has 1 radical (unpaired) electrons. The van der Waals surface area contributed by atoms with E-state index in [9.17, 15) is 0 Å². The van der Waals surface area contributed by atoms with E-state index < -0.39 is 0 Å². The van der Waals surface area contributed by atoms with Gasteiger partial charge in [0.15, 0.2) is 0 Å². The molecule has 0 atom stereocenters. The molecule has 2 rings (SSSR count). The number of hydrogen-bond donors (Lipinski definition) is 0. The van der Waals surface area contributed by atoms with E-state index in [2.05, 4.69) is 18.2 Å². The second kappa shape index (κ2) is 2.68. The van der Waals surface area contributed by atoms with Crippen LogP contribution in [-0.2, 0) is 19.4 Å². The maximum absolute atomic E-state index is 4.43. The van der Waals surface area contributed by atoms with Gasteiger partial charge in [0.05, 0.1) is 11.9 Å². The third-order valence-electron chi connectivity index (χ3n) is 2.24. The first-order chi connectivity index (χ1) is 5.40. The Kier molecular flexibility index (Phi) is 1.68. The average Bonchev–Trinajstić information content (AvgIpc) is 2.46. The van der Waals surface area contributed by atoms with Crippen molar-refractivity contribution < 1.29 is 0 Å². The molecule has 1 aliphatic carbocycles. The van der Waals surface area contributed by atoms with Crippen LogP contribution in [0.2, 0.25) is 0 Å². The minimum Gasteiger partial charge on any atom is -0.263 e. The number of aromatic nitrogens is 2. The Balaban J connectivity index is 2.32. The Labute approximate surface area is 67.2 Å². The number of hydrogen-bond acceptors (Lipinski definition) is 1. The van der Waals surface area contributed by atoms with E-state index in [0.29, 0.717) is 0 Å². The second-order valence-electron chi connectivity index (χ2n) is 3.06. The zero-order valence-electron chi connectivity index (χ0n) is 6.93. The number of aryl methyl sites for hydroxylation is 3. The summed E-state index contributed by atoms with van der Waals surface area (Å²) in [5, 5.41) is 4.43. The van der Waals surface area contributed by atoms with Crippen molar-refractivity contribution in [2.45, 2.75) is 39.2 Å². The van der Waals surface area contributed by atoms with Crippen LogP contribution in [0.1, 0.15) is 31.0 Å². The predicted octanol–water partition coefficient (Wildman–Crippen LogP) is 1.58. The molecule has 1 aliphatic rings. The molecule has 2 nitrogen and oxygen atoms in total. The molecule has 0 N–H and O–H groups in total. The van der Waals surface area contributed by atoms with Gasteiger partial charge in [-0.05, 0) is 32.6 Å². The third-order valence-corrected chi connectivity index (χ3v) is 2.24. The molecule has 59 valence electrons.